The quantitative estimate of drug-likeness (QED) is 0.569. The predicted molar refractivity (Wildman–Crippen MR) is 91.2 cm³/mol. The van der Waals surface area contributed by atoms with E-state index < -0.39 is 0 Å². The van der Waals surface area contributed by atoms with Crippen molar-refractivity contribution in [3.05, 3.63) is 35.9 Å². The summed E-state index contributed by atoms with van der Waals surface area (Å²) in [6, 6.07) is 10.4. The third kappa shape index (κ3) is 4.25. The molecule has 0 unspecified atom stereocenters. The number of aromatic nitrogens is 3. The number of rotatable bonds is 7. The highest BCUT2D eigenvalue weighted by molar-refractivity contribution is 7.99. The molecule has 0 N–H and O–H groups in total. The van der Waals surface area contributed by atoms with Crippen molar-refractivity contribution in [3.8, 4) is 0 Å². The highest BCUT2D eigenvalue weighted by Gasteiger charge is 2.20. The van der Waals surface area contributed by atoms with Gasteiger partial charge in [0.1, 0.15) is 0 Å². The van der Waals surface area contributed by atoms with Crippen molar-refractivity contribution in [1.29, 1.82) is 0 Å². The minimum atomic E-state index is 0.704. The molecule has 3 rings (SSSR count). The van der Waals surface area contributed by atoms with E-state index in [0.29, 0.717) is 6.61 Å². The summed E-state index contributed by atoms with van der Waals surface area (Å²) in [6.07, 6.45) is 0. The number of nitrogens with zero attached hydrogens (tertiary/aromatic N) is 4. The summed E-state index contributed by atoms with van der Waals surface area (Å²) >= 11 is 1.68. The number of ether oxygens (including phenoxy) is 2. The van der Waals surface area contributed by atoms with Gasteiger partial charge in [0, 0.05) is 26.0 Å². The standard InChI is InChI=1S/C16H22N4O2S/c1-21-11-12-23-16-18-17-15(19-7-9-22-10-8-19)20(16)13-14-5-3-2-4-6-14/h2-6H,7-13H2,1H3. The molecule has 1 fully saturated rings. The van der Waals surface area contributed by atoms with Crippen molar-refractivity contribution >= 4 is 17.7 Å². The maximum atomic E-state index is 5.44. The summed E-state index contributed by atoms with van der Waals surface area (Å²) in [5.74, 6) is 1.80. The fourth-order valence-electron chi connectivity index (χ4n) is 2.51. The Balaban J connectivity index is 1.82. The number of benzene rings is 1. The fourth-order valence-corrected chi connectivity index (χ4v) is 3.34. The van der Waals surface area contributed by atoms with Crippen LogP contribution in [0.25, 0.3) is 0 Å². The first-order chi connectivity index (χ1) is 11.4. The van der Waals surface area contributed by atoms with Crippen LogP contribution in [0.2, 0.25) is 0 Å². The third-order valence-electron chi connectivity index (χ3n) is 3.69. The number of morpholine rings is 1. The van der Waals surface area contributed by atoms with Crippen LogP contribution in [-0.4, -0.2) is 60.5 Å². The van der Waals surface area contributed by atoms with Crippen molar-refractivity contribution in [2.45, 2.75) is 11.7 Å². The van der Waals surface area contributed by atoms with E-state index in [9.17, 15) is 0 Å². The molecule has 0 bridgehead atoms. The average Bonchev–Trinajstić information content (AvgIpc) is 3.00. The first-order valence-electron chi connectivity index (χ1n) is 7.80. The summed E-state index contributed by atoms with van der Waals surface area (Å²) in [4.78, 5) is 2.25. The lowest BCUT2D eigenvalue weighted by molar-refractivity contribution is 0.121. The second-order valence-corrected chi connectivity index (χ2v) is 6.36. The highest BCUT2D eigenvalue weighted by Crippen LogP contribution is 2.24. The molecule has 1 aromatic heterocycles. The van der Waals surface area contributed by atoms with Crippen LogP contribution < -0.4 is 4.90 Å². The van der Waals surface area contributed by atoms with Crippen molar-refractivity contribution < 1.29 is 9.47 Å². The SMILES string of the molecule is COCCSc1nnc(N2CCOCC2)n1Cc1ccccc1. The molecule has 0 aliphatic carbocycles. The van der Waals surface area contributed by atoms with Gasteiger partial charge in [-0.15, -0.1) is 10.2 Å². The van der Waals surface area contributed by atoms with Gasteiger partial charge in [0.25, 0.3) is 0 Å². The van der Waals surface area contributed by atoms with Crippen molar-refractivity contribution in [2.24, 2.45) is 0 Å². The van der Waals surface area contributed by atoms with Gasteiger partial charge >= 0.3 is 0 Å². The summed E-state index contributed by atoms with van der Waals surface area (Å²) in [6.45, 7) is 4.67. The van der Waals surface area contributed by atoms with Gasteiger partial charge in [-0.3, -0.25) is 4.57 Å². The smallest absolute Gasteiger partial charge is 0.228 e. The minimum absolute atomic E-state index is 0.704. The Morgan fingerprint density at radius 1 is 1.17 bits per heavy atom. The maximum absolute atomic E-state index is 5.44. The molecule has 6 nitrogen and oxygen atoms in total. The number of anilines is 1. The number of thioether (sulfide) groups is 1. The largest absolute Gasteiger partial charge is 0.384 e. The van der Waals surface area contributed by atoms with E-state index in [2.05, 4.69) is 43.9 Å². The van der Waals surface area contributed by atoms with E-state index in [1.54, 1.807) is 18.9 Å². The monoisotopic (exact) mass is 334 g/mol. The first-order valence-corrected chi connectivity index (χ1v) is 8.78. The molecule has 23 heavy (non-hydrogen) atoms. The zero-order valence-electron chi connectivity index (χ0n) is 13.4. The zero-order chi connectivity index (χ0) is 15.9. The topological polar surface area (TPSA) is 52.4 Å². The van der Waals surface area contributed by atoms with Crippen LogP contribution in [0.1, 0.15) is 5.56 Å². The Labute approximate surface area is 140 Å². The van der Waals surface area contributed by atoms with Crippen LogP contribution in [0.5, 0.6) is 0 Å². The van der Waals surface area contributed by atoms with E-state index in [-0.39, 0.29) is 0 Å². The molecule has 0 radical (unpaired) electrons. The number of methoxy groups -OCH3 is 1. The summed E-state index contributed by atoms with van der Waals surface area (Å²) in [7, 11) is 1.72. The van der Waals surface area contributed by atoms with E-state index in [1.807, 2.05) is 6.07 Å². The molecule has 0 spiro atoms. The lowest BCUT2D eigenvalue weighted by atomic mass is 10.2. The molecule has 1 aliphatic rings. The molecular weight excluding hydrogens is 312 g/mol. The summed E-state index contributed by atoms with van der Waals surface area (Å²) < 4.78 is 12.8. The Hall–Kier alpha value is -1.57. The molecule has 1 aromatic carbocycles. The predicted octanol–water partition coefficient (Wildman–Crippen LogP) is 1.90. The van der Waals surface area contributed by atoms with Gasteiger partial charge in [-0.05, 0) is 5.56 Å². The van der Waals surface area contributed by atoms with Crippen LogP contribution in [0.3, 0.4) is 0 Å². The highest BCUT2D eigenvalue weighted by atomic mass is 32.2. The van der Waals surface area contributed by atoms with Gasteiger partial charge in [0.15, 0.2) is 5.16 Å². The van der Waals surface area contributed by atoms with Crippen LogP contribution in [-0.2, 0) is 16.0 Å². The second kappa shape index (κ2) is 8.33. The molecule has 1 aliphatic heterocycles. The molecule has 1 saturated heterocycles. The van der Waals surface area contributed by atoms with E-state index >= 15 is 0 Å². The molecular formula is C16H22N4O2S. The molecule has 7 heteroatoms. The van der Waals surface area contributed by atoms with Crippen molar-refractivity contribution in [2.75, 3.05) is 50.7 Å². The molecule has 2 aromatic rings. The maximum Gasteiger partial charge on any atom is 0.228 e. The minimum Gasteiger partial charge on any atom is -0.384 e. The normalized spacial score (nSPS) is 15.1. The summed E-state index contributed by atoms with van der Waals surface area (Å²) in [5, 5.41) is 9.77. The van der Waals surface area contributed by atoms with Gasteiger partial charge in [0.05, 0.1) is 26.4 Å². The Morgan fingerprint density at radius 2 is 1.96 bits per heavy atom. The number of hydrogen-bond donors (Lipinski definition) is 0. The number of hydrogen-bond acceptors (Lipinski definition) is 6. The van der Waals surface area contributed by atoms with Crippen molar-refractivity contribution in [1.82, 2.24) is 14.8 Å². The zero-order valence-corrected chi connectivity index (χ0v) is 14.2. The Bertz CT molecular complexity index is 599. The summed E-state index contributed by atoms with van der Waals surface area (Å²) in [5.41, 5.74) is 1.25. The van der Waals surface area contributed by atoms with Gasteiger partial charge in [-0.2, -0.15) is 0 Å². The van der Waals surface area contributed by atoms with Gasteiger partial charge in [-0.25, -0.2) is 0 Å². The van der Waals surface area contributed by atoms with Gasteiger partial charge in [-0.1, -0.05) is 42.1 Å². The Kier molecular flexibility index (Phi) is 5.90. The van der Waals surface area contributed by atoms with E-state index in [4.69, 9.17) is 9.47 Å². The molecule has 2 heterocycles. The lowest BCUT2D eigenvalue weighted by Gasteiger charge is -2.28. The van der Waals surface area contributed by atoms with Crippen molar-refractivity contribution in [3.63, 3.8) is 0 Å². The Morgan fingerprint density at radius 3 is 2.70 bits per heavy atom. The molecule has 0 atom stereocenters. The van der Waals surface area contributed by atoms with Crippen LogP contribution in [0.15, 0.2) is 35.5 Å². The second-order valence-electron chi connectivity index (χ2n) is 5.29. The van der Waals surface area contributed by atoms with Gasteiger partial charge in [0.2, 0.25) is 5.95 Å². The molecule has 124 valence electrons. The van der Waals surface area contributed by atoms with Crippen LogP contribution in [0.4, 0.5) is 5.95 Å². The van der Waals surface area contributed by atoms with Crippen LogP contribution >= 0.6 is 11.8 Å². The fraction of sp³-hybridized carbons (Fsp3) is 0.500. The van der Waals surface area contributed by atoms with E-state index in [0.717, 1.165) is 49.7 Å². The average molecular weight is 334 g/mol. The molecule has 0 saturated carbocycles. The first kappa shape index (κ1) is 16.3. The lowest BCUT2D eigenvalue weighted by Crippen LogP contribution is -2.38. The third-order valence-corrected chi connectivity index (χ3v) is 4.62. The van der Waals surface area contributed by atoms with Crippen LogP contribution in [0, 0.1) is 0 Å². The molecule has 0 amide bonds. The van der Waals surface area contributed by atoms with Gasteiger partial charge < -0.3 is 14.4 Å². The van der Waals surface area contributed by atoms with E-state index in [1.165, 1.54) is 5.56 Å².